The Balaban J connectivity index is 1.63. The highest BCUT2D eigenvalue weighted by atomic mass is 32.1. The fourth-order valence-corrected chi connectivity index (χ4v) is 2.80. The summed E-state index contributed by atoms with van der Waals surface area (Å²) >= 11 is 1.61. The van der Waals surface area contributed by atoms with Gasteiger partial charge in [0.05, 0.1) is 11.9 Å². The van der Waals surface area contributed by atoms with Gasteiger partial charge in [0.1, 0.15) is 0 Å². The number of hydrogen-bond acceptors (Lipinski definition) is 3. The molecule has 116 valence electrons. The molecule has 0 aliphatic rings. The summed E-state index contributed by atoms with van der Waals surface area (Å²) in [5, 5.41) is 6.34. The highest BCUT2D eigenvalue weighted by Gasteiger charge is 2.08. The zero-order chi connectivity index (χ0) is 16.1. The number of para-hydroxylation sites is 1. The van der Waals surface area contributed by atoms with E-state index in [9.17, 15) is 4.79 Å². The highest BCUT2D eigenvalue weighted by Crippen LogP contribution is 2.12. The molecular weight excluding hydrogens is 306 g/mol. The van der Waals surface area contributed by atoms with Crippen molar-refractivity contribution in [3.05, 3.63) is 76.8 Å². The van der Waals surface area contributed by atoms with Crippen molar-refractivity contribution in [2.24, 2.45) is 0 Å². The number of rotatable bonds is 5. The molecule has 0 fully saturated rings. The summed E-state index contributed by atoms with van der Waals surface area (Å²) in [5.74, 6) is -0.0224. The van der Waals surface area contributed by atoms with Crippen LogP contribution in [0.5, 0.6) is 0 Å². The minimum absolute atomic E-state index is 0.0224. The van der Waals surface area contributed by atoms with Gasteiger partial charge in [-0.05, 0) is 29.7 Å². The summed E-state index contributed by atoms with van der Waals surface area (Å²) in [6.45, 7) is 0.528. The second-order valence-electron chi connectivity index (χ2n) is 5.17. The van der Waals surface area contributed by atoms with Crippen LogP contribution in [-0.2, 0) is 11.3 Å². The Kier molecular flexibility index (Phi) is 4.68. The largest absolute Gasteiger partial charge is 0.338 e. The minimum Gasteiger partial charge on any atom is -0.338 e. The number of nitrogens with zero attached hydrogens (tertiary/aromatic N) is 3. The third-order valence-electron chi connectivity index (χ3n) is 3.39. The Morgan fingerprint density at radius 3 is 2.83 bits per heavy atom. The lowest BCUT2D eigenvalue weighted by molar-refractivity contribution is -0.125. The summed E-state index contributed by atoms with van der Waals surface area (Å²) in [6.07, 6.45) is 7.19. The first-order valence-corrected chi connectivity index (χ1v) is 8.16. The van der Waals surface area contributed by atoms with E-state index in [1.54, 1.807) is 35.6 Å². The fraction of sp³-hybridized carbons (Fsp3) is 0.111. The Morgan fingerprint density at radius 1 is 1.26 bits per heavy atom. The van der Waals surface area contributed by atoms with Crippen LogP contribution in [0.2, 0.25) is 0 Å². The molecule has 2 aromatic heterocycles. The maximum absolute atomic E-state index is 12.1. The van der Waals surface area contributed by atoms with Crippen molar-refractivity contribution in [2.45, 2.75) is 6.54 Å². The van der Waals surface area contributed by atoms with Crippen LogP contribution < -0.4 is 0 Å². The van der Waals surface area contributed by atoms with Crippen molar-refractivity contribution in [3.8, 4) is 5.69 Å². The van der Waals surface area contributed by atoms with Crippen molar-refractivity contribution >= 4 is 23.3 Å². The normalized spacial score (nSPS) is 11.0. The number of benzene rings is 1. The lowest BCUT2D eigenvalue weighted by Crippen LogP contribution is -2.23. The molecule has 23 heavy (non-hydrogen) atoms. The Hall–Kier alpha value is -2.66. The molecule has 0 aliphatic carbocycles. The SMILES string of the molecule is CN(Cc1cnn(-c2ccccc2)c1)C(=O)/C=C/c1cccs1. The van der Waals surface area contributed by atoms with Gasteiger partial charge in [-0.1, -0.05) is 24.3 Å². The van der Waals surface area contributed by atoms with Gasteiger partial charge in [-0.15, -0.1) is 11.3 Å². The van der Waals surface area contributed by atoms with E-state index in [1.165, 1.54) is 0 Å². The van der Waals surface area contributed by atoms with Gasteiger partial charge in [-0.25, -0.2) is 4.68 Å². The molecule has 0 radical (unpaired) electrons. The van der Waals surface area contributed by atoms with Crippen molar-refractivity contribution in [1.82, 2.24) is 14.7 Å². The van der Waals surface area contributed by atoms with Gasteiger partial charge < -0.3 is 4.90 Å². The van der Waals surface area contributed by atoms with E-state index in [2.05, 4.69) is 5.10 Å². The molecule has 0 atom stereocenters. The average molecular weight is 323 g/mol. The molecule has 0 spiro atoms. The Labute approximate surface area is 139 Å². The predicted octanol–water partition coefficient (Wildman–Crippen LogP) is 3.61. The number of carbonyl (C=O) groups is 1. The van der Waals surface area contributed by atoms with Crippen LogP contribution in [0.4, 0.5) is 0 Å². The van der Waals surface area contributed by atoms with Crippen LogP contribution in [-0.4, -0.2) is 27.6 Å². The first-order chi connectivity index (χ1) is 11.2. The fourth-order valence-electron chi connectivity index (χ4n) is 2.18. The molecule has 5 heteroatoms. The summed E-state index contributed by atoms with van der Waals surface area (Å²) in [7, 11) is 1.79. The third-order valence-corrected chi connectivity index (χ3v) is 4.22. The van der Waals surface area contributed by atoms with E-state index >= 15 is 0 Å². The summed E-state index contributed by atoms with van der Waals surface area (Å²) < 4.78 is 1.81. The molecule has 0 aliphatic heterocycles. The molecule has 0 unspecified atom stereocenters. The van der Waals surface area contributed by atoms with Crippen LogP contribution >= 0.6 is 11.3 Å². The zero-order valence-corrected chi connectivity index (χ0v) is 13.6. The van der Waals surface area contributed by atoms with E-state index in [0.29, 0.717) is 6.54 Å². The second kappa shape index (κ2) is 7.07. The van der Waals surface area contributed by atoms with Gasteiger partial charge in [0, 0.05) is 36.3 Å². The maximum Gasteiger partial charge on any atom is 0.246 e. The molecule has 2 heterocycles. The van der Waals surface area contributed by atoms with Crippen LogP contribution in [0.15, 0.2) is 66.3 Å². The first kappa shape index (κ1) is 15.2. The average Bonchev–Trinajstić information content (AvgIpc) is 3.25. The molecule has 3 rings (SSSR count). The van der Waals surface area contributed by atoms with Gasteiger partial charge >= 0.3 is 0 Å². The number of amides is 1. The number of likely N-dealkylation sites (N-methyl/N-ethyl adjacent to an activating group) is 1. The standard InChI is InChI=1S/C18H17N3OS/c1-20(18(22)10-9-17-8-5-11-23-17)13-15-12-19-21(14-15)16-6-3-2-4-7-16/h2-12,14H,13H2,1H3/b10-9+. The number of hydrogen-bond donors (Lipinski definition) is 0. The molecule has 0 bridgehead atoms. The smallest absolute Gasteiger partial charge is 0.246 e. The Morgan fingerprint density at radius 2 is 2.09 bits per heavy atom. The molecule has 0 N–H and O–H groups in total. The molecule has 4 nitrogen and oxygen atoms in total. The van der Waals surface area contributed by atoms with E-state index in [-0.39, 0.29) is 5.91 Å². The van der Waals surface area contributed by atoms with Gasteiger partial charge in [-0.2, -0.15) is 5.10 Å². The van der Waals surface area contributed by atoms with Crippen molar-refractivity contribution in [3.63, 3.8) is 0 Å². The number of aromatic nitrogens is 2. The van der Waals surface area contributed by atoms with Crippen LogP contribution in [0.3, 0.4) is 0 Å². The van der Waals surface area contributed by atoms with Crippen molar-refractivity contribution in [2.75, 3.05) is 7.05 Å². The van der Waals surface area contributed by atoms with Crippen LogP contribution in [0.1, 0.15) is 10.4 Å². The predicted molar refractivity (Wildman–Crippen MR) is 93.4 cm³/mol. The van der Waals surface area contributed by atoms with E-state index in [0.717, 1.165) is 16.1 Å². The van der Waals surface area contributed by atoms with E-state index < -0.39 is 0 Å². The summed E-state index contributed by atoms with van der Waals surface area (Å²) in [5.41, 5.74) is 2.00. The van der Waals surface area contributed by atoms with Gasteiger partial charge in [0.15, 0.2) is 0 Å². The highest BCUT2D eigenvalue weighted by molar-refractivity contribution is 7.10. The van der Waals surface area contributed by atoms with Gasteiger partial charge in [0.2, 0.25) is 5.91 Å². The van der Waals surface area contributed by atoms with Gasteiger partial charge in [-0.3, -0.25) is 4.79 Å². The number of thiophene rings is 1. The minimum atomic E-state index is -0.0224. The number of carbonyl (C=O) groups excluding carboxylic acids is 1. The molecule has 0 saturated carbocycles. The molecule has 0 saturated heterocycles. The molecular formula is C18H17N3OS. The molecule has 1 aromatic carbocycles. The monoisotopic (exact) mass is 323 g/mol. The molecule has 1 amide bonds. The Bertz CT molecular complexity index is 791. The lowest BCUT2D eigenvalue weighted by atomic mass is 10.3. The van der Waals surface area contributed by atoms with Crippen molar-refractivity contribution < 1.29 is 4.79 Å². The summed E-state index contributed by atoms with van der Waals surface area (Å²) in [6, 6.07) is 13.9. The van der Waals surface area contributed by atoms with Crippen LogP contribution in [0, 0.1) is 0 Å². The van der Waals surface area contributed by atoms with E-state index in [4.69, 9.17) is 0 Å². The van der Waals surface area contributed by atoms with Crippen molar-refractivity contribution in [1.29, 1.82) is 0 Å². The third kappa shape index (κ3) is 3.96. The van der Waals surface area contributed by atoms with Gasteiger partial charge in [0.25, 0.3) is 0 Å². The topological polar surface area (TPSA) is 38.1 Å². The maximum atomic E-state index is 12.1. The second-order valence-corrected chi connectivity index (χ2v) is 6.15. The molecule has 3 aromatic rings. The quantitative estimate of drug-likeness (QED) is 0.673. The lowest BCUT2D eigenvalue weighted by Gasteiger charge is -2.13. The summed E-state index contributed by atoms with van der Waals surface area (Å²) in [4.78, 5) is 14.9. The van der Waals surface area contributed by atoms with E-state index in [1.807, 2.05) is 64.8 Å². The first-order valence-electron chi connectivity index (χ1n) is 7.28. The zero-order valence-electron chi connectivity index (χ0n) is 12.8. The van der Waals surface area contributed by atoms with Crippen LogP contribution in [0.25, 0.3) is 11.8 Å².